The Bertz CT molecular complexity index is 734. The van der Waals surface area contributed by atoms with E-state index in [0.717, 1.165) is 6.07 Å². The van der Waals surface area contributed by atoms with E-state index >= 15 is 0 Å². The first-order valence-electron chi connectivity index (χ1n) is 5.53. The van der Waals surface area contributed by atoms with Gasteiger partial charge in [0.25, 0.3) is 0 Å². The first-order valence-corrected chi connectivity index (χ1v) is 6.33. The van der Waals surface area contributed by atoms with Crippen LogP contribution in [0.25, 0.3) is 0 Å². The molecule has 0 atom stereocenters. The Morgan fingerprint density at radius 2 is 2.00 bits per heavy atom. The van der Waals surface area contributed by atoms with Gasteiger partial charge in [-0.1, -0.05) is 6.07 Å². The van der Waals surface area contributed by atoms with E-state index in [4.69, 9.17) is 9.84 Å². The van der Waals surface area contributed by atoms with E-state index < -0.39 is 22.4 Å². The van der Waals surface area contributed by atoms with Crippen molar-refractivity contribution in [2.75, 3.05) is 0 Å². The number of nitro benzene ring substituents is 1. The number of nitro groups is 1. The highest BCUT2D eigenvalue weighted by Crippen LogP contribution is 2.36. The molecule has 0 unspecified atom stereocenters. The van der Waals surface area contributed by atoms with Crippen molar-refractivity contribution in [1.29, 1.82) is 0 Å². The topological polar surface area (TPSA) is 89.7 Å². The van der Waals surface area contributed by atoms with Gasteiger partial charge in [0.2, 0.25) is 11.6 Å². The number of hydrogen-bond acceptors (Lipinski definition) is 4. The van der Waals surface area contributed by atoms with Gasteiger partial charge in [-0.05, 0) is 46.3 Å². The maximum absolute atomic E-state index is 13.5. The summed E-state index contributed by atoms with van der Waals surface area (Å²) in [5.74, 6) is -2.50. The van der Waals surface area contributed by atoms with Crippen LogP contribution in [0.2, 0.25) is 0 Å². The third-order valence-electron chi connectivity index (χ3n) is 2.53. The zero-order chi connectivity index (χ0) is 15.6. The molecule has 0 aromatic heterocycles. The molecule has 0 fully saturated rings. The Labute approximate surface area is 126 Å². The zero-order valence-corrected chi connectivity index (χ0v) is 11.8. The molecule has 2 aromatic rings. The minimum absolute atomic E-state index is 0.0311. The van der Waals surface area contributed by atoms with Crippen molar-refractivity contribution in [3.05, 3.63) is 62.4 Å². The molecule has 0 saturated carbocycles. The molecule has 8 heteroatoms. The largest absolute Gasteiger partial charge is 0.478 e. The summed E-state index contributed by atoms with van der Waals surface area (Å²) in [7, 11) is 0. The van der Waals surface area contributed by atoms with Crippen LogP contribution in [-0.2, 0) is 0 Å². The van der Waals surface area contributed by atoms with Gasteiger partial charge >= 0.3 is 11.7 Å². The van der Waals surface area contributed by atoms with Crippen LogP contribution in [0.4, 0.5) is 10.1 Å². The van der Waals surface area contributed by atoms with E-state index in [-0.39, 0.29) is 17.1 Å². The normalized spacial score (nSPS) is 10.2. The summed E-state index contributed by atoms with van der Waals surface area (Å²) < 4.78 is 19.1. The lowest BCUT2D eigenvalue weighted by atomic mass is 10.2. The number of halogens is 2. The summed E-state index contributed by atoms with van der Waals surface area (Å²) in [6, 6.07) is 7.35. The van der Waals surface area contributed by atoms with Gasteiger partial charge in [-0.3, -0.25) is 10.1 Å². The molecule has 0 aliphatic rings. The molecule has 0 heterocycles. The second-order valence-electron chi connectivity index (χ2n) is 3.90. The summed E-state index contributed by atoms with van der Waals surface area (Å²) in [6.45, 7) is 0. The van der Waals surface area contributed by atoms with Gasteiger partial charge in [-0.15, -0.1) is 0 Å². The van der Waals surface area contributed by atoms with E-state index in [1.54, 1.807) is 0 Å². The van der Waals surface area contributed by atoms with Crippen molar-refractivity contribution in [2.45, 2.75) is 0 Å². The second-order valence-corrected chi connectivity index (χ2v) is 4.75. The summed E-state index contributed by atoms with van der Waals surface area (Å²) in [5.41, 5.74) is -0.877. The monoisotopic (exact) mass is 355 g/mol. The fourth-order valence-electron chi connectivity index (χ4n) is 1.59. The number of carbonyl (C=O) groups is 1. The fraction of sp³-hybridized carbons (Fsp3) is 0. The molecule has 0 aliphatic heterocycles. The van der Waals surface area contributed by atoms with Gasteiger partial charge in [-0.25, -0.2) is 4.79 Å². The van der Waals surface area contributed by atoms with Crippen LogP contribution in [0.1, 0.15) is 10.4 Å². The number of ether oxygens (including phenoxy) is 1. The van der Waals surface area contributed by atoms with Crippen LogP contribution < -0.4 is 4.74 Å². The van der Waals surface area contributed by atoms with Gasteiger partial charge in [-0.2, -0.15) is 4.39 Å². The second kappa shape index (κ2) is 5.88. The van der Waals surface area contributed by atoms with E-state index in [1.807, 2.05) is 0 Å². The predicted octanol–water partition coefficient (Wildman–Crippen LogP) is 3.99. The molecule has 0 amide bonds. The number of nitrogens with zero attached hydrogens (tertiary/aromatic N) is 1. The predicted molar refractivity (Wildman–Crippen MR) is 74.2 cm³/mol. The molecule has 0 radical (unpaired) electrons. The number of benzene rings is 2. The van der Waals surface area contributed by atoms with Crippen LogP contribution in [0.5, 0.6) is 11.5 Å². The van der Waals surface area contributed by atoms with Gasteiger partial charge in [0.05, 0.1) is 15.0 Å². The zero-order valence-electron chi connectivity index (χ0n) is 10.2. The molecule has 2 aromatic carbocycles. The summed E-state index contributed by atoms with van der Waals surface area (Å²) >= 11 is 3.14. The minimum atomic E-state index is -1.18. The molecular weight excluding hydrogens is 349 g/mol. The average molecular weight is 356 g/mol. The van der Waals surface area contributed by atoms with Crippen molar-refractivity contribution >= 4 is 27.6 Å². The Morgan fingerprint density at radius 1 is 1.29 bits per heavy atom. The lowest BCUT2D eigenvalue weighted by Crippen LogP contribution is -1.99. The van der Waals surface area contributed by atoms with Gasteiger partial charge < -0.3 is 9.84 Å². The van der Waals surface area contributed by atoms with Crippen molar-refractivity contribution in [3.8, 4) is 11.5 Å². The number of carboxylic acids is 1. The molecule has 2 rings (SSSR count). The third-order valence-corrected chi connectivity index (χ3v) is 3.19. The van der Waals surface area contributed by atoms with Crippen LogP contribution in [-0.4, -0.2) is 16.0 Å². The molecular formula is C13H7BrFNO5. The molecule has 0 spiro atoms. The van der Waals surface area contributed by atoms with Crippen LogP contribution in [0, 0.1) is 15.9 Å². The number of carboxylic acid groups (broad SMARTS) is 1. The van der Waals surface area contributed by atoms with Crippen molar-refractivity contribution in [3.63, 3.8) is 0 Å². The lowest BCUT2D eigenvalue weighted by molar-refractivity contribution is -0.388. The van der Waals surface area contributed by atoms with Crippen LogP contribution in [0.15, 0.2) is 40.9 Å². The molecule has 6 nitrogen and oxygen atoms in total. The molecule has 21 heavy (non-hydrogen) atoms. The van der Waals surface area contributed by atoms with E-state index in [9.17, 15) is 19.3 Å². The van der Waals surface area contributed by atoms with E-state index in [2.05, 4.69) is 15.9 Å². The molecule has 0 saturated heterocycles. The Morgan fingerprint density at radius 3 is 2.62 bits per heavy atom. The van der Waals surface area contributed by atoms with Crippen LogP contribution >= 0.6 is 15.9 Å². The van der Waals surface area contributed by atoms with E-state index in [0.29, 0.717) is 4.47 Å². The Hall–Kier alpha value is -2.48. The third kappa shape index (κ3) is 3.16. The molecule has 1 N–H and O–H groups in total. The van der Waals surface area contributed by atoms with E-state index in [1.165, 1.54) is 30.3 Å². The minimum Gasteiger partial charge on any atom is -0.478 e. The highest BCUT2D eigenvalue weighted by Gasteiger charge is 2.22. The first kappa shape index (κ1) is 14.9. The fourth-order valence-corrected chi connectivity index (χ4v) is 1.92. The molecule has 0 bridgehead atoms. The number of para-hydroxylation sites is 1. The summed E-state index contributed by atoms with van der Waals surface area (Å²) in [4.78, 5) is 20.9. The number of aromatic carboxylic acids is 1. The Balaban J connectivity index is 2.48. The van der Waals surface area contributed by atoms with Gasteiger partial charge in [0.15, 0.2) is 0 Å². The van der Waals surface area contributed by atoms with Crippen molar-refractivity contribution in [2.24, 2.45) is 0 Å². The number of hydrogen-bond donors (Lipinski definition) is 1. The Kier molecular flexibility index (Phi) is 4.18. The quantitative estimate of drug-likeness (QED) is 0.661. The maximum atomic E-state index is 13.5. The average Bonchev–Trinajstić information content (AvgIpc) is 2.40. The highest BCUT2D eigenvalue weighted by molar-refractivity contribution is 9.10. The summed E-state index contributed by atoms with van der Waals surface area (Å²) in [5, 5.41) is 19.8. The van der Waals surface area contributed by atoms with Crippen LogP contribution in [0.3, 0.4) is 0 Å². The first-order chi connectivity index (χ1) is 9.90. The lowest BCUT2D eigenvalue weighted by Gasteiger charge is -2.09. The van der Waals surface area contributed by atoms with Gasteiger partial charge in [0, 0.05) is 0 Å². The standard InChI is InChI=1S/C13H7BrFNO5/c14-8-5-4-7(13(17)18)6-11(8)21-10-3-1-2-9(15)12(10)16(19)20/h1-6H,(H,17,18). The van der Waals surface area contributed by atoms with Crippen molar-refractivity contribution in [1.82, 2.24) is 0 Å². The molecule has 108 valence electrons. The SMILES string of the molecule is O=C(O)c1ccc(Br)c(Oc2cccc(F)c2[N+](=O)[O-])c1. The maximum Gasteiger partial charge on any atom is 0.346 e. The van der Waals surface area contributed by atoms with Gasteiger partial charge in [0.1, 0.15) is 5.75 Å². The van der Waals surface area contributed by atoms with Crippen molar-refractivity contribution < 1.29 is 24.0 Å². The smallest absolute Gasteiger partial charge is 0.346 e. The number of rotatable bonds is 4. The summed E-state index contributed by atoms with van der Waals surface area (Å²) in [6.07, 6.45) is 0. The highest BCUT2D eigenvalue weighted by atomic mass is 79.9. The molecule has 0 aliphatic carbocycles.